The minimum atomic E-state index is -1.53. The van der Waals surface area contributed by atoms with Gasteiger partial charge < -0.3 is 76.2 Å². The zero-order valence-electron chi connectivity index (χ0n) is 70.9. The van der Waals surface area contributed by atoms with E-state index in [1.54, 1.807) is 12.3 Å². The number of piperidine rings is 3. The average molecular weight is 1940 g/mol. The molecule has 3 aliphatic heterocycles. The number of anilines is 2. The van der Waals surface area contributed by atoms with Gasteiger partial charge in [0.15, 0.2) is 0 Å². The molecule has 0 aliphatic carbocycles. The lowest BCUT2D eigenvalue weighted by Gasteiger charge is -2.34. The molecule has 6 aromatic carbocycles. The Morgan fingerprint density at radius 1 is 0.532 bits per heavy atom. The molecule has 660 valence electrons. The number of benzene rings is 6. The molecule has 124 heavy (non-hydrogen) atoms. The van der Waals surface area contributed by atoms with E-state index in [0.29, 0.717) is 62.2 Å². The highest BCUT2D eigenvalue weighted by molar-refractivity contribution is 14.1. The molecule has 6 atom stereocenters. The van der Waals surface area contributed by atoms with Crippen molar-refractivity contribution in [2.24, 2.45) is 5.73 Å². The third-order valence-electron chi connectivity index (χ3n) is 21.0. The summed E-state index contributed by atoms with van der Waals surface area (Å²) in [6.45, 7) is 14.1. The molecule has 3 aliphatic rings. The summed E-state index contributed by atoms with van der Waals surface area (Å²) in [5.74, 6) is 3.60. The number of amides is 5. The maximum atomic E-state index is 13.5. The summed E-state index contributed by atoms with van der Waals surface area (Å²) < 4.78 is 54.9. The first-order valence-corrected chi connectivity index (χ1v) is 44.9. The zero-order valence-corrected chi connectivity index (χ0v) is 76.3. The normalized spacial score (nSPS) is 16.0. The number of carbonyl (C=O) groups excluding carboxylic acids is 5. The van der Waals surface area contributed by atoms with Crippen molar-refractivity contribution in [3.8, 4) is 11.1 Å². The molecule has 3 saturated heterocycles. The van der Waals surface area contributed by atoms with Crippen molar-refractivity contribution in [3.63, 3.8) is 0 Å². The number of aromatic amines is 1. The number of aromatic nitrogens is 9. The minimum absolute atomic E-state index is 0.0235. The number of hydrogen-bond donors (Lipinski definition) is 8. The Labute approximate surface area is 752 Å². The van der Waals surface area contributed by atoms with Gasteiger partial charge in [0.1, 0.15) is 47.8 Å². The summed E-state index contributed by atoms with van der Waals surface area (Å²) in [5, 5.41) is 22.9. The number of rotatable bonds is 24. The Morgan fingerprint density at radius 2 is 0.944 bits per heavy atom. The number of likely N-dealkylation sites (tertiary alicyclic amines) is 3. The molecule has 0 unspecified atom stereocenters. The minimum Gasteiger partial charge on any atom is -0.444 e. The molecular weight excluding hydrogens is 1830 g/mol. The first-order chi connectivity index (χ1) is 59.4. The van der Waals surface area contributed by atoms with Crippen LogP contribution in [0, 0.1) is 0 Å². The number of fused-ring (bicyclic) bond motifs is 3. The molecule has 3 fully saturated rings. The van der Waals surface area contributed by atoms with Crippen molar-refractivity contribution in [1.82, 2.24) is 69.4 Å². The highest BCUT2D eigenvalue weighted by Gasteiger charge is 2.34. The number of pyridine rings is 1. The largest absolute Gasteiger partial charge is 0.491 e. The van der Waals surface area contributed by atoms with Gasteiger partial charge in [-0.1, -0.05) is 139 Å². The number of nitrogens with zero attached hydrogens (tertiary/aromatic N) is 11. The van der Waals surface area contributed by atoms with Crippen molar-refractivity contribution in [1.29, 1.82) is 0 Å². The van der Waals surface area contributed by atoms with Crippen LogP contribution in [-0.2, 0) is 56.2 Å². The summed E-state index contributed by atoms with van der Waals surface area (Å²) >= 11 is 8.88. The molecule has 33 heteroatoms. The van der Waals surface area contributed by atoms with Crippen LogP contribution in [0.4, 0.5) is 34.5 Å². The van der Waals surface area contributed by atoms with Crippen LogP contribution in [0.2, 0.25) is 0 Å². The van der Waals surface area contributed by atoms with Crippen LogP contribution in [0.1, 0.15) is 151 Å². The Bertz CT molecular complexity index is 5210. The summed E-state index contributed by atoms with van der Waals surface area (Å²) in [6, 6.07) is 50.2. The second-order valence-corrected chi connectivity index (χ2v) is 35.9. The molecular formula is C91H112BBr2F3IN17O9. The smallest absolute Gasteiger partial charge is 0.444 e. The van der Waals surface area contributed by atoms with Crippen LogP contribution < -0.4 is 33.3 Å². The highest BCUT2D eigenvalue weighted by atomic mass is 127. The van der Waals surface area contributed by atoms with E-state index in [-0.39, 0.29) is 98.0 Å². The Morgan fingerprint density at radius 3 is 1.37 bits per heavy atom. The van der Waals surface area contributed by atoms with Crippen LogP contribution in [-0.4, -0.2) is 199 Å². The van der Waals surface area contributed by atoms with Gasteiger partial charge in [0.2, 0.25) is 23.7 Å². The Kier molecular flexibility index (Phi) is 36.3. The van der Waals surface area contributed by atoms with Crippen LogP contribution in [0.3, 0.4) is 0 Å². The fourth-order valence-corrected chi connectivity index (χ4v) is 15.8. The van der Waals surface area contributed by atoms with Crippen molar-refractivity contribution < 1.29 is 56.7 Å². The van der Waals surface area contributed by atoms with Gasteiger partial charge in [0, 0.05) is 137 Å². The Hall–Kier alpha value is -10.1. The molecule has 0 radical (unpaired) electrons. The summed E-state index contributed by atoms with van der Waals surface area (Å²) in [7, 11) is -1.53. The number of carbonyl (C=O) groups is 5. The topological polar surface area (TPSA) is 359 Å². The molecule has 0 saturated carbocycles. The summed E-state index contributed by atoms with van der Waals surface area (Å²) in [6.07, 6.45) is 11.0. The van der Waals surface area contributed by atoms with Gasteiger partial charge in [-0.2, -0.15) is 0 Å². The van der Waals surface area contributed by atoms with E-state index in [1.165, 1.54) is 12.4 Å². The van der Waals surface area contributed by atoms with Gasteiger partial charge in [-0.3, -0.25) is 18.8 Å². The predicted octanol–water partition coefficient (Wildman–Crippen LogP) is 15.0. The zero-order chi connectivity index (χ0) is 89.0. The van der Waals surface area contributed by atoms with Crippen molar-refractivity contribution >= 4 is 142 Å². The number of halogens is 6. The third-order valence-corrected chi connectivity index (χ3v) is 22.4. The maximum Gasteiger partial charge on any atom is 0.491 e. The van der Waals surface area contributed by atoms with Gasteiger partial charge in [0.05, 0.1) is 52.9 Å². The molecule has 26 nitrogen and oxygen atoms in total. The molecule has 14 rings (SSSR count). The van der Waals surface area contributed by atoms with Crippen LogP contribution in [0.5, 0.6) is 0 Å². The number of hydrogen-bond acceptors (Lipinski definition) is 18. The number of para-hydroxylation sites is 6. The van der Waals surface area contributed by atoms with Gasteiger partial charge in [-0.15, -0.1) is 0 Å². The van der Waals surface area contributed by atoms with Gasteiger partial charge >= 0.3 is 19.3 Å². The van der Waals surface area contributed by atoms with Crippen molar-refractivity contribution in [2.75, 3.05) is 75.2 Å². The molecule has 5 amide bonds. The lowest BCUT2D eigenvalue weighted by Crippen LogP contribution is -2.46. The number of imidazole rings is 3. The number of nitrogens with one attached hydrogen (secondary N) is 3. The van der Waals surface area contributed by atoms with Crippen molar-refractivity contribution in [2.45, 2.75) is 179 Å². The standard InChI is InChI=1S/C29H36BrFN4O3.C29H33FN6O.C27H33BrN4O3.C4H6BN3O2.C2H4FI/c1-29(2,3)38-28(37)32-23(17-20-10-12-22(30)13-11-20)18-26(36)34-15-6-7-21(19-34)27-33-24-8-4-5-9-25(24)35(27)16-14-31;30-13-15-36-26-6-2-1-5-25(26)34-29(36)23-4-3-14-35(19-23)28(37)17-24(31)16-20-7-9-21(10-8-20)22-11-12-27(32)33-18-22;1-27(2,3)35-26(34)29-21(15-18-10-12-20(28)13-11-18)16-24(33)32-14-6-7-19(17-32)25-30-22-8-4-5-9-23(22)31-25;6-4-7-1-3(2-8-4)5(9)10;3-1-2-4/h4-5,8-13,21,23H,6-7,14-19H2,1-3H3,(H,32,37);1-2,5-12,18,23-24H,3-4,13-17,19,31H2,(H2,32,33);4-5,8-13,19,21H,6-7,14-17H2,1-3H3,(H,29,34)(H,30,31);1-2,9-10H,(H2,6,7,8);1-2H2/t21-,23-;23-,24-;19-,21-;;/m111../s1. The number of aryl methyl sites for hydroxylation is 2. The molecule has 11 N–H and O–H groups in total. The molecule has 0 spiro atoms. The van der Waals surface area contributed by atoms with Gasteiger partial charge in [-0.25, -0.2) is 48.3 Å². The second kappa shape index (κ2) is 46.8. The number of ether oxygens (including phenoxy) is 2. The van der Waals surface area contributed by atoms with Crippen LogP contribution in [0.25, 0.3) is 44.2 Å². The first kappa shape index (κ1) is 96.2. The lowest BCUT2D eigenvalue weighted by atomic mass is 9.83. The lowest BCUT2D eigenvalue weighted by molar-refractivity contribution is -0.133. The van der Waals surface area contributed by atoms with E-state index >= 15 is 0 Å². The number of H-pyrrole nitrogens is 1. The van der Waals surface area contributed by atoms with Gasteiger partial charge in [0.25, 0.3) is 0 Å². The van der Waals surface area contributed by atoms with E-state index in [4.69, 9.17) is 51.7 Å². The van der Waals surface area contributed by atoms with Crippen LogP contribution in [0.15, 0.2) is 185 Å². The Balaban J connectivity index is 0.000000180. The number of alkyl halides is 4. The van der Waals surface area contributed by atoms with Crippen LogP contribution >= 0.6 is 54.5 Å². The second-order valence-electron chi connectivity index (χ2n) is 33.0. The monoisotopic (exact) mass is 1940 g/mol. The predicted molar refractivity (Wildman–Crippen MR) is 496 cm³/mol. The van der Waals surface area contributed by atoms with E-state index in [9.17, 15) is 37.1 Å². The van der Waals surface area contributed by atoms with Gasteiger partial charge in [-0.05, 0) is 194 Å². The fraction of sp³-hybridized carbons (Fsp3) is 0.418. The fourth-order valence-electron chi connectivity index (χ4n) is 15.3. The number of nitrogens with two attached hydrogens (primary N) is 3. The summed E-state index contributed by atoms with van der Waals surface area (Å²) in [5.41, 5.74) is 26.9. The average Bonchev–Trinajstić information content (AvgIpc) is 1.64. The molecule has 0 bridgehead atoms. The summed E-state index contributed by atoms with van der Waals surface area (Å²) in [4.78, 5) is 99.9. The molecule has 8 heterocycles. The SMILES string of the molecule is CC(C)(C)OC(=O)N[C@@H](CC(=O)N1CCC[C@@H](c2nc3ccccc3[nH]2)C1)Cc1ccc(Br)cc1.CC(C)(C)OC(=O)N[C@@H](CC(=O)N1CCC[C@@H](c2nc3ccccc3n2CCF)C1)Cc1ccc(Br)cc1.FCCI.Nc1ccc(-c2ccc(C[C@@H](N)CC(=O)N3CCC[C@@H](c4nc5ccccc5n4CCF)C3)cc2)cn1.Nc1ncc(B(O)O)cn1. The first-order valence-electron chi connectivity index (χ1n) is 41.8. The number of alkyl carbamates (subject to hydrolysis) is 2. The maximum absolute atomic E-state index is 13.5. The molecule has 5 aromatic heterocycles. The van der Waals surface area contributed by atoms with Crippen molar-refractivity contribution in [3.05, 3.63) is 219 Å². The third kappa shape index (κ3) is 29.5. The highest BCUT2D eigenvalue weighted by Crippen LogP contribution is 2.34. The van der Waals surface area contributed by atoms with E-state index in [1.807, 2.05) is 240 Å². The molecule has 11 aromatic rings. The van der Waals surface area contributed by atoms with E-state index < -0.39 is 49.9 Å². The van der Waals surface area contributed by atoms with E-state index in [2.05, 4.69) is 62.4 Å². The van der Waals surface area contributed by atoms with E-state index in [0.717, 1.165) is 132 Å². The quantitative estimate of drug-likeness (QED) is 0.0158. The number of nitrogen functional groups attached to an aromatic ring is 2.